The maximum Gasteiger partial charge on any atom is 6.00 e. The normalized spacial score (nSPS) is 4.38. The first-order valence-electron chi connectivity index (χ1n) is 2.44. The maximum atomic E-state index is 8.68. The molecule has 0 heterocycles. The molecule has 66 valence electrons. The van der Waals surface area contributed by atoms with Gasteiger partial charge < -0.3 is 35.1 Å². The average Bonchev–Trinajstić information content (AvgIpc) is 2.69. The van der Waals surface area contributed by atoms with Crippen LogP contribution in [0.15, 0.2) is 6.07 Å². The Balaban J connectivity index is -0.0000000453. The third kappa shape index (κ3) is 55.5. The standard InChI is InChI=1S/C5H.C2H3O.2CO.Fe/c1-2-4-5-3-1;1-2-3;2*1-2;/h1H;1H3;;;/q-5;-1;;;+6. The minimum absolute atomic E-state index is 0. The summed E-state index contributed by atoms with van der Waals surface area (Å²) in [5.74, 6) is 0. The Morgan fingerprint density at radius 1 is 1.15 bits per heavy atom. The van der Waals surface area contributed by atoms with Crippen molar-refractivity contribution >= 4 is 6.29 Å². The summed E-state index contributed by atoms with van der Waals surface area (Å²) in [4.78, 5) is 8.68. The largest absolute Gasteiger partial charge is 6.00 e. The van der Waals surface area contributed by atoms with Gasteiger partial charge in [-0.1, -0.05) is 0 Å². The Labute approximate surface area is 88.4 Å². The molecule has 0 radical (unpaired) electrons. The van der Waals surface area contributed by atoms with E-state index < -0.39 is 0 Å². The fourth-order valence-electron chi connectivity index (χ4n) is 0.180. The summed E-state index contributed by atoms with van der Waals surface area (Å²) < 4.78 is 15.0. The van der Waals surface area contributed by atoms with Crippen molar-refractivity contribution in [2.24, 2.45) is 0 Å². The van der Waals surface area contributed by atoms with Crippen LogP contribution in [0.25, 0.3) is 0 Å². The topological polar surface area (TPSA) is 56.9 Å². The first-order valence-corrected chi connectivity index (χ1v) is 2.44. The minimum atomic E-state index is 0. The molecule has 0 aromatic heterocycles. The predicted octanol–water partition coefficient (Wildman–Crippen LogP) is 0.645. The SMILES string of the molecule is C[C-]=O.[C-]#[O+].[C-]#[O+].[Fe+6].[c-]1[c-][c-][cH-][c-]1. The second kappa shape index (κ2) is 43.9. The molecule has 0 unspecified atom stereocenters. The Morgan fingerprint density at radius 3 is 1.46 bits per heavy atom. The second-order valence-electron chi connectivity index (χ2n) is 0.887. The molecule has 0 atom stereocenters. The van der Waals surface area contributed by atoms with E-state index in [4.69, 9.17) is 14.1 Å². The van der Waals surface area contributed by atoms with Crippen molar-refractivity contribution in [1.29, 1.82) is 0 Å². The first kappa shape index (κ1) is 22.7. The summed E-state index contributed by atoms with van der Waals surface area (Å²) >= 11 is 0. The molecule has 0 saturated heterocycles. The zero-order chi connectivity index (χ0) is 10.2. The van der Waals surface area contributed by atoms with E-state index in [1.165, 1.54) is 13.2 Å². The van der Waals surface area contributed by atoms with E-state index in [2.05, 4.69) is 37.6 Å². The van der Waals surface area contributed by atoms with Gasteiger partial charge in [0.2, 0.25) is 0 Å². The predicted molar refractivity (Wildman–Crippen MR) is 36.6 cm³/mol. The number of hydrogen-bond donors (Lipinski definition) is 0. The van der Waals surface area contributed by atoms with Crippen molar-refractivity contribution in [3.05, 3.63) is 43.6 Å². The van der Waals surface area contributed by atoms with Crippen LogP contribution in [0.2, 0.25) is 0 Å². The molecule has 0 aliphatic rings. The van der Waals surface area contributed by atoms with Gasteiger partial charge in [0.05, 0.1) is 0 Å². The smallest absolute Gasteiger partial charge is 0.999 e. The van der Waals surface area contributed by atoms with Gasteiger partial charge in [0.15, 0.2) is 0 Å². The van der Waals surface area contributed by atoms with Crippen molar-refractivity contribution in [2.75, 3.05) is 0 Å². The number of carbonyl (C=O) groups excluding carboxylic acids is 1. The van der Waals surface area contributed by atoms with Crippen molar-refractivity contribution < 1.29 is 31.2 Å². The van der Waals surface area contributed by atoms with E-state index in [-0.39, 0.29) is 17.1 Å². The molecule has 4 heteroatoms. The molecule has 1 aromatic carbocycles. The van der Waals surface area contributed by atoms with Crippen LogP contribution in [-0.2, 0) is 31.2 Å². The van der Waals surface area contributed by atoms with E-state index >= 15 is 0 Å². The molecule has 1 aromatic rings. The van der Waals surface area contributed by atoms with E-state index in [1.807, 2.05) is 0 Å². The Hall–Kier alpha value is -0.981. The van der Waals surface area contributed by atoms with E-state index in [1.54, 1.807) is 6.07 Å². The monoisotopic (exact) mass is 216 g/mol. The Bertz CT molecular complexity index is 154. The van der Waals surface area contributed by atoms with Crippen molar-refractivity contribution in [3.63, 3.8) is 0 Å². The molecular weight excluding hydrogens is 212 g/mol. The van der Waals surface area contributed by atoms with Crippen LogP contribution < -0.4 is 0 Å². The molecule has 0 aliphatic heterocycles. The van der Waals surface area contributed by atoms with E-state index in [9.17, 15) is 0 Å². The van der Waals surface area contributed by atoms with Gasteiger partial charge in [0.25, 0.3) is 0 Å². The van der Waals surface area contributed by atoms with Gasteiger partial charge in [0, 0.05) is 0 Å². The van der Waals surface area contributed by atoms with Crippen molar-refractivity contribution in [2.45, 2.75) is 6.92 Å². The second-order valence-corrected chi connectivity index (χ2v) is 0.887. The molecule has 0 saturated carbocycles. The van der Waals surface area contributed by atoms with Gasteiger partial charge in [-0.15, -0.1) is 0 Å². The average molecular weight is 216 g/mol. The van der Waals surface area contributed by atoms with Gasteiger partial charge in [0.1, 0.15) is 0 Å². The van der Waals surface area contributed by atoms with Gasteiger partial charge in [-0.3, -0.25) is 6.29 Å². The van der Waals surface area contributed by atoms with Crippen LogP contribution in [0.1, 0.15) is 6.92 Å². The summed E-state index contributed by atoms with van der Waals surface area (Å²) in [6.07, 6.45) is 1.50. The van der Waals surface area contributed by atoms with Gasteiger partial charge in [-0.05, 0) is 0 Å². The Morgan fingerprint density at radius 2 is 1.38 bits per heavy atom. The molecule has 0 bridgehead atoms. The summed E-state index contributed by atoms with van der Waals surface area (Å²) in [7, 11) is 0. The van der Waals surface area contributed by atoms with Gasteiger partial charge >= 0.3 is 39.7 Å². The molecule has 0 amide bonds. The van der Waals surface area contributed by atoms with Gasteiger partial charge in [-0.2, -0.15) is 6.92 Å². The van der Waals surface area contributed by atoms with Crippen LogP contribution in [0.5, 0.6) is 0 Å². The fraction of sp³-hybridized carbons (Fsp3) is 0.111. The molecule has 3 nitrogen and oxygen atoms in total. The van der Waals surface area contributed by atoms with Crippen molar-refractivity contribution in [3.8, 4) is 0 Å². The molecule has 0 aliphatic carbocycles. The summed E-state index contributed by atoms with van der Waals surface area (Å²) in [6, 6.07) is 12.0. The zero-order valence-electron chi connectivity index (χ0n) is 6.66. The van der Waals surface area contributed by atoms with Crippen LogP contribution in [0.4, 0.5) is 0 Å². The molecule has 0 spiro atoms. The fourth-order valence-corrected chi connectivity index (χ4v) is 0.180. The third-order valence-corrected chi connectivity index (χ3v) is 0.351. The summed E-state index contributed by atoms with van der Waals surface area (Å²) in [6.45, 7) is 10.3. The Kier molecular flexibility index (Phi) is 76.6. The van der Waals surface area contributed by atoms with E-state index in [0.29, 0.717) is 0 Å². The number of hydrogen-bond acceptors (Lipinski definition) is 1. The number of rotatable bonds is 0. The van der Waals surface area contributed by atoms with Crippen LogP contribution in [0.3, 0.4) is 0 Å². The maximum absolute atomic E-state index is 8.68. The van der Waals surface area contributed by atoms with Crippen LogP contribution in [0, 0.1) is 37.6 Å². The quantitative estimate of drug-likeness (QED) is 0.356. The van der Waals surface area contributed by atoms with Crippen LogP contribution >= 0.6 is 0 Å². The molecular formula is C9H4FeO3. The van der Waals surface area contributed by atoms with Gasteiger partial charge in [-0.25, -0.2) is 0 Å². The third-order valence-electron chi connectivity index (χ3n) is 0.351. The first-order chi connectivity index (χ1) is 5.91. The summed E-state index contributed by atoms with van der Waals surface area (Å²) in [5.41, 5.74) is 0. The zero-order valence-corrected chi connectivity index (χ0v) is 7.76. The minimum Gasteiger partial charge on any atom is -0.999 e. The van der Waals surface area contributed by atoms with Crippen molar-refractivity contribution in [1.82, 2.24) is 0 Å². The van der Waals surface area contributed by atoms with E-state index in [0.717, 1.165) is 0 Å². The molecule has 1 rings (SSSR count). The molecule has 13 heavy (non-hydrogen) atoms. The summed E-state index contributed by atoms with van der Waals surface area (Å²) in [5, 5.41) is 0. The molecule has 0 fully saturated rings. The molecule has 0 N–H and O–H groups in total. The van der Waals surface area contributed by atoms with Crippen LogP contribution in [-0.4, -0.2) is 6.29 Å².